The van der Waals surface area contributed by atoms with Crippen LogP contribution in [0.1, 0.15) is 12.8 Å². The fraction of sp³-hybridized carbons (Fsp3) is 0.323. The van der Waals surface area contributed by atoms with Crippen LogP contribution in [0.25, 0.3) is 33.3 Å². The third kappa shape index (κ3) is 7.51. The average Bonchev–Trinajstić information content (AvgIpc) is 2.89. The largest absolute Gasteiger partial charge is 0.494 e. The number of hydrogen-bond acceptors (Lipinski definition) is 5. The van der Waals surface area contributed by atoms with E-state index in [1.165, 1.54) is 12.1 Å². The lowest BCUT2D eigenvalue weighted by Gasteiger charge is -2.14. The molecule has 0 bridgehead atoms. The maximum atomic E-state index is 14.0. The Morgan fingerprint density at radius 1 is 0.676 bits per heavy atom. The van der Waals surface area contributed by atoms with E-state index in [1.54, 1.807) is 6.07 Å². The molecule has 3 aromatic carbocycles. The van der Waals surface area contributed by atoms with Crippen molar-refractivity contribution in [3.05, 3.63) is 78.6 Å². The third-order valence-electron chi connectivity index (χ3n) is 6.11. The summed E-state index contributed by atoms with van der Waals surface area (Å²) in [4.78, 5) is 9.23. The first-order valence-corrected chi connectivity index (χ1v) is 12.8. The van der Waals surface area contributed by atoms with E-state index in [9.17, 15) is 4.39 Å². The highest BCUT2D eigenvalue weighted by Crippen LogP contribution is 2.35. The van der Waals surface area contributed by atoms with Crippen LogP contribution in [-0.2, 0) is 0 Å². The third-order valence-corrected chi connectivity index (χ3v) is 6.11. The Balaban J connectivity index is 1.59. The Kier molecular flexibility index (Phi) is 9.09. The lowest BCUT2D eigenvalue weighted by Crippen LogP contribution is -2.15. The second-order valence-electron chi connectivity index (χ2n) is 9.78. The van der Waals surface area contributed by atoms with Gasteiger partial charge in [0, 0.05) is 29.6 Å². The van der Waals surface area contributed by atoms with Gasteiger partial charge in [0.25, 0.3) is 0 Å². The highest BCUT2D eigenvalue weighted by Gasteiger charge is 2.13. The summed E-state index contributed by atoms with van der Waals surface area (Å²) < 4.78 is 25.8. The van der Waals surface area contributed by atoms with Crippen molar-refractivity contribution in [3.63, 3.8) is 0 Å². The van der Waals surface area contributed by atoms with E-state index >= 15 is 0 Å². The Hall–Kier alpha value is -3.48. The zero-order valence-electron chi connectivity index (χ0n) is 22.2. The first-order valence-electron chi connectivity index (χ1n) is 12.8. The van der Waals surface area contributed by atoms with E-state index in [-0.39, 0.29) is 5.82 Å². The zero-order chi connectivity index (χ0) is 26.2. The van der Waals surface area contributed by atoms with Gasteiger partial charge in [-0.15, -0.1) is 0 Å². The van der Waals surface area contributed by atoms with Gasteiger partial charge in [-0.1, -0.05) is 12.1 Å². The van der Waals surface area contributed by atoms with Gasteiger partial charge in [-0.05, 0) is 107 Å². The molecule has 1 aromatic heterocycles. The first-order chi connectivity index (χ1) is 17.9. The molecular formula is C31H36FN3O2. The molecule has 0 N–H and O–H groups in total. The summed E-state index contributed by atoms with van der Waals surface area (Å²) in [7, 11) is 8.24. The molecule has 4 rings (SSSR count). The number of rotatable bonds is 12. The molecule has 1 heterocycles. The molecule has 0 saturated carbocycles. The molecule has 0 aliphatic carbocycles. The smallest absolute Gasteiger partial charge is 0.123 e. The molecule has 0 spiro atoms. The molecule has 4 aromatic rings. The standard InChI is InChI=1S/C31H36FN3O2/c1-34(2)17-5-19-36-27-12-7-23(8-13-27)29-22-25-21-26(32)11-16-30(25)33-31(29)24-9-14-28(15-10-24)37-20-6-18-35(3)4/h7-16,21-22H,5-6,17-20H2,1-4H3. The van der Waals surface area contributed by atoms with Gasteiger partial charge in [-0.2, -0.15) is 0 Å². The number of benzene rings is 3. The van der Waals surface area contributed by atoms with Crippen LogP contribution < -0.4 is 9.47 Å². The Morgan fingerprint density at radius 2 is 1.22 bits per heavy atom. The molecular weight excluding hydrogens is 465 g/mol. The minimum atomic E-state index is -0.273. The van der Waals surface area contributed by atoms with Crippen LogP contribution in [0.2, 0.25) is 0 Å². The number of aromatic nitrogens is 1. The van der Waals surface area contributed by atoms with Gasteiger partial charge in [0.1, 0.15) is 17.3 Å². The summed E-state index contributed by atoms with van der Waals surface area (Å²) in [6.45, 7) is 3.32. The molecule has 37 heavy (non-hydrogen) atoms. The summed E-state index contributed by atoms with van der Waals surface area (Å²) in [5.74, 6) is 1.40. The summed E-state index contributed by atoms with van der Waals surface area (Å²) in [6, 6.07) is 22.8. The van der Waals surface area contributed by atoms with Crippen LogP contribution in [0.15, 0.2) is 72.8 Å². The average molecular weight is 502 g/mol. The minimum Gasteiger partial charge on any atom is -0.494 e. The van der Waals surface area contributed by atoms with E-state index in [0.29, 0.717) is 13.2 Å². The van der Waals surface area contributed by atoms with Crippen LogP contribution in [-0.4, -0.2) is 69.3 Å². The van der Waals surface area contributed by atoms with Crippen molar-refractivity contribution in [1.82, 2.24) is 14.8 Å². The predicted octanol–water partition coefficient (Wildman–Crippen LogP) is 6.37. The second-order valence-corrected chi connectivity index (χ2v) is 9.78. The summed E-state index contributed by atoms with van der Waals surface area (Å²) in [5, 5.41) is 0.767. The van der Waals surface area contributed by atoms with Crippen molar-refractivity contribution in [2.75, 3.05) is 54.5 Å². The number of hydrogen-bond donors (Lipinski definition) is 0. The molecule has 0 aliphatic rings. The SMILES string of the molecule is CN(C)CCCOc1ccc(-c2cc3cc(F)ccc3nc2-c2ccc(OCCCN(C)C)cc2)cc1. The lowest BCUT2D eigenvalue weighted by atomic mass is 9.97. The molecule has 0 radical (unpaired) electrons. The fourth-order valence-electron chi connectivity index (χ4n) is 4.17. The maximum Gasteiger partial charge on any atom is 0.123 e. The van der Waals surface area contributed by atoms with E-state index < -0.39 is 0 Å². The number of halogens is 1. The first kappa shape index (κ1) is 26.6. The van der Waals surface area contributed by atoms with Crippen LogP contribution >= 0.6 is 0 Å². The summed E-state index contributed by atoms with van der Waals surface area (Å²) >= 11 is 0. The molecule has 0 atom stereocenters. The highest BCUT2D eigenvalue weighted by molar-refractivity contribution is 5.91. The van der Waals surface area contributed by atoms with Crippen LogP contribution in [0.4, 0.5) is 4.39 Å². The van der Waals surface area contributed by atoms with Crippen LogP contribution in [0.5, 0.6) is 11.5 Å². The molecule has 6 heteroatoms. The Labute approximate surface area is 219 Å². The van der Waals surface area contributed by atoms with Crippen LogP contribution in [0.3, 0.4) is 0 Å². The van der Waals surface area contributed by atoms with Gasteiger partial charge in [0.15, 0.2) is 0 Å². The van der Waals surface area contributed by atoms with Gasteiger partial charge < -0.3 is 19.3 Å². The normalized spacial score (nSPS) is 11.4. The van der Waals surface area contributed by atoms with Crippen molar-refractivity contribution >= 4 is 10.9 Å². The van der Waals surface area contributed by atoms with E-state index in [2.05, 4.69) is 38.0 Å². The monoisotopic (exact) mass is 501 g/mol. The molecule has 0 amide bonds. The number of fused-ring (bicyclic) bond motifs is 1. The van der Waals surface area contributed by atoms with E-state index in [1.807, 2.05) is 54.6 Å². The topological polar surface area (TPSA) is 37.8 Å². The van der Waals surface area contributed by atoms with Gasteiger partial charge >= 0.3 is 0 Å². The van der Waals surface area contributed by atoms with Crippen LogP contribution in [0, 0.1) is 5.82 Å². The van der Waals surface area contributed by atoms with Gasteiger partial charge in [-0.25, -0.2) is 9.37 Å². The molecule has 0 saturated heterocycles. The molecule has 194 valence electrons. The quantitative estimate of drug-likeness (QED) is 0.211. The number of ether oxygens (including phenoxy) is 2. The van der Waals surface area contributed by atoms with E-state index in [4.69, 9.17) is 14.5 Å². The van der Waals surface area contributed by atoms with Crippen molar-refractivity contribution < 1.29 is 13.9 Å². The summed E-state index contributed by atoms with van der Waals surface area (Å²) in [6.07, 6.45) is 1.94. The molecule has 0 unspecified atom stereocenters. The lowest BCUT2D eigenvalue weighted by molar-refractivity contribution is 0.281. The number of pyridine rings is 1. The van der Waals surface area contributed by atoms with Crippen molar-refractivity contribution in [3.8, 4) is 33.9 Å². The maximum absolute atomic E-state index is 14.0. The molecule has 5 nitrogen and oxygen atoms in total. The van der Waals surface area contributed by atoms with Crippen molar-refractivity contribution in [1.29, 1.82) is 0 Å². The van der Waals surface area contributed by atoms with Gasteiger partial charge in [0.05, 0.1) is 24.4 Å². The highest BCUT2D eigenvalue weighted by atomic mass is 19.1. The predicted molar refractivity (Wildman–Crippen MR) is 150 cm³/mol. The summed E-state index contributed by atoms with van der Waals surface area (Å²) in [5.41, 5.74) is 4.52. The van der Waals surface area contributed by atoms with Crippen molar-refractivity contribution in [2.45, 2.75) is 12.8 Å². The second kappa shape index (κ2) is 12.7. The molecule has 0 aliphatic heterocycles. The Morgan fingerprint density at radius 3 is 1.76 bits per heavy atom. The van der Waals surface area contributed by atoms with E-state index in [0.717, 1.165) is 70.7 Å². The van der Waals surface area contributed by atoms with Gasteiger partial charge in [-0.3, -0.25) is 0 Å². The Bertz CT molecular complexity index is 1290. The fourth-order valence-corrected chi connectivity index (χ4v) is 4.17. The van der Waals surface area contributed by atoms with Crippen molar-refractivity contribution in [2.24, 2.45) is 0 Å². The molecule has 0 fully saturated rings. The minimum absolute atomic E-state index is 0.273. The van der Waals surface area contributed by atoms with Gasteiger partial charge in [0.2, 0.25) is 0 Å². The zero-order valence-corrected chi connectivity index (χ0v) is 22.2. The number of nitrogens with zero attached hydrogens (tertiary/aromatic N) is 3.